The summed E-state index contributed by atoms with van der Waals surface area (Å²) in [7, 11) is 0. The number of amides is 1. The van der Waals surface area contributed by atoms with Crippen LogP contribution >= 0.6 is 0 Å². The zero-order valence-corrected chi connectivity index (χ0v) is 14.4. The number of ether oxygens (including phenoxy) is 1. The van der Waals surface area contributed by atoms with E-state index in [4.69, 9.17) is 4.74 Å². The number of nitrogens with zero attached hydrogens (tertiary/aromatic N) is 1. The fraction of sp³-hybridized carbons (Fsp3) is 0.381. The number of hydrogen-bond acceptors (Lipinski definition) is 3. The standard InChI is InChI=1S/C21H23NO3/c1-2-21(14-23)12-22(13-21)20(24)25-11-19-17-9-5-3-7-15(17)16-8-4-6-10-18(16)19/h3-10,19,23H,2,11-14H2,1H3. The molecule has 0 unspecified atom stereocenters. The Morgan fingerprint density at radius 3 is 2.20 bits per heavy atom. The Hall–Kier alpha value is -2.33. The van der Waals surface area contributed by atoms with Gasteiger partial charge in [-0.3, -0.25) is 0 Å². The minimum absolute atomic E-state index is 0.0893. The second-order valence-electron chi connectivity index (χ2n) is 7.17. The highest BCUT2D eigenvalue weighted by Crippen LogP contribution is 2.44. The number of rotatable bonds is 4. The van der Waals surface area contributed by atoms with Gasteiger partial charge in [-0.25, -0.2) is 4.79 Å². The maximum absolute atomic E-state index is 12.3. The van der Waals surface area contributed by atoms with E-state index in [0.29, 0.717) is 19.7 Å². The van der Waals surface area contributed by atoms with Gasteiger partial charge in [0.1, 0.15) is 6.61 Å². The van der Waals surface area contributed by atoms with Crippen LogP contribution in [-0.4, -0.2) is 42.4 Å². The number of carbonyl (C=O) groups excluding carboxylic acids is 1. The lowest BCUT2D eigenvalue weighted by Gasteiger charge is -2.48. The summed E-state index contributed by atoms with van der Waals surface area (Å²) in [6.45, 7) is 3.68. The summed E-state index contributed by atoms with van der Waals surface area (Å²) < 4.78 is 5.63. The van der Waals surface area contributed by atoms with Crippen LogP contribution in [0.5, 0.6) is 0 Å². The number of benzene rings is 2. The second-order valence-corrected chi connectivity index (χ2v) is 7.17. The van der Waals surface area contributed by atoms with Crippen LogP contribution in [0.4, 0.5) is 4.79 Å². The highest BCUT2D eigenvalue weighted by atomic mass is 16.6. The molecule has 0 radical (unpaired) electrons. The molecule has 0 aromatic heterocycles. The van der Waals surface area contributed by atoms with Crippen molar-refractivity contribution in [1.29, 1.82) is 0 Å². The molecule has 1 N–H and O–H groups in total. The fourth-order valence-electron chi connectivity index (χ4n) is 4.01. The van der Waals surface area contributed by atoms with E-state index in [0.717, 1.165) is 6.42 Å². The monoisotopic (exact) mass is 337 g/mol. The van der Waals surface area contributed by atoms with E-state index < -0.39 is 0 Å². The number of aliphatic hydroxyl groups is 1. The lowest BCUT2D eigenvalue weighted by molar-refractivity contribution is -0.0391. The molecule has 1 aliphatic heterocycles. The predicted molar refractivity (Wildman–Crippen MR) is 96.5 cm³/mol. The van der Waals surface area contributed by atoms with Gasteiger partial charge in [-0.05, 0) is 28.7 Å². The molecule has 2 aliphatic rings. The third-order valence-corrected chi connectivity index (χ3v) is 5.73. The normalized spacial score (nSPS) is 17.6. The molecule has 4 heteroatoms. The number of fused-ring (bicyclic) bond motifs is 3. The van der Waals surface area contributed by atoms with E-state index in [1.165, 1.54) is 22.3 Å². The molecule has 0 atom stereocenters. The van der Waals surface area contributed by atoms with Gasteiger partial charge in [-0.1, -0.05) is 55.5 Å². The molecular weight excluding hydrogens is 314 g/mol. The van der Waals surface area contributed by atoms with Crippen molar-refractivity contribution in [3.8, 4) is 11.1 Å². The van der Waals surface area contributed by atoms with Gasteiger partial charge >= 0.3 is 6.09 Å². The van der Waals surface area contributed by atoms with E-state index in [1.807, 2.05) is 31.2 Å². The molecule has 25 heavy (non-hydrogen) atoms. The van der Waals surface area contributed by atoms with Crippen molar-refractivity contribution in [2.24, 2.45) is 5.41 Å². The van der Waals surface area contributed by atoms with Crippen molar-refractivity contribution in [3.05, 3.63) is 59.7 Å². The van der Waals surface area contributed by atoms with E-state index in [2.05, 4.69) is 24.3 Å². The van der Waals surface area contributed by atoms with Gasteiger partial charge in [0.2, 0.25) is 0 Å². The molecule has 0 bridgehead atoms. The van der Waals surface area contributed by atoms with Crippen molar-refractivity contribution < 1.29 is 14.6 Å². The highest BCUT2D eigenvalue weighted by Gasteiger charge is 2.44. The Kier molecular flexibility index (Phi) is 4.00. The molecule has 4 nitrogen and oxygen atoms in total. The third kappa shape index (κ3) is 2.61. The Labute approximate surface area is 148 Å². The van der Waals surface area contributed by atoms with Crippen LogP contribution < -0.4 is 0 Å². The summed E-state index contributed by atoms with van der Waals surface area (Å²) in [6, 6.07) is 16.6. The predicted octanol–water partition coefficient (Wildman–Crippen LogP) is 3.64. The molecular formula is C21H23NO3. The average molecular weight is 337 g/mol. The van der Waals surface area contributed by atoms with Gasteiger partial charge < -0.3 is 14.7 Å². The molecule has 0 spiro atoms. The van der Waals surface area contributed by atoms with Crippen molar-refractivity contribution in [2.75, 3.05) is 26.3 Å². The summed E-state index contributed by atoms with van der Waals surface area (Å²) in [4.78, 5) is 14.0. The third-order valence-electron chi connectivity index (χ3n) is 5.73. The summed E-state index contributed by atoms with van der Waals surface area (Å²) in [6.07, 6.45) is 0.593. The molecule has 130 valence electrons. The summed E-state index contributed by atoms with van der Waals surface area (Å²) in [5.74, 6) is 0.0893. The first-order chi connectivity index (χ1) is 12.2. The van der Waals surface area contributed by atoms with E-state index in [1.54, 1.807) is 4.90 Å². The molecule has 2 aromatic rings. The zero-order valence-electron chi connectivity index (χ0n) is 14.4. The SMILES string of the molecule is CCC1(CO)CN(C(=O)OCC2c3ccccc3-c3ccccc32)C1. The lowest BCUT2D eigenvalue weighted by atomic mass is 9.78. The first kappa shape index (κ1) is 16.2. The lowest BCUT2D eigenvalue weighted by Crippen LogP contribution is -2.60. The first-order valence-electron chi connectivity index (χ1n) is 8.88. The van der Waals surface area contributed by atoms with Crippen molar-refractivity contribution >= 4 is 6.09 Å². The second kappa shape index (κ2) is 6.19. The first-order valence-corrected chi connectivity index (χ1v) is 8.88. The molecule has 1 saturated heterocycles. The Balaban J connectivity index is 1.46. The number of likely N-dealkylation sites (tertiary alicyclic amines) is 1. The minimum atomic E-state index is -0.278. The van der Waals surface area contributed by atoms with E-state index in [-0.39, 0.29) is 24.0 Å². The van der Waals surface area contributed by atoms with Gasteiger partial charge in [-0.15, -0.1) is 0 Å². The molecule has 1 aliphatic carbocycles. The number of carbonyl (C=O) groups is 1. The Morgan fingerprint density at radius 1 is 1.12 bits per heavy atom. The van der Waals surface area contributed by atoms with Crippen LogP contribution in [0, 0.1) is 5.41 Å². The van der Waals surface area contributed by atoms with Crippen molar-refractivity contribution in [2.45, 2.75) is 19.3 Å². The molecule has 1 fully saturated rings. The van der Waals surface area contributed by atoms with Crippen LogP contribution in [0.2, 0.25) is 0 Å². The number of aliphatic hydroxyl groups excluding tert-OH is 1. The van der Waals surface area contributed by atoms with Gasteiger partial charge in [0.05, 0.1) is 6.61 Å². The van der Waals surface area contributed by atoms with Crippen LogP contribution in [0.25, 0.3) is 11.1 Å². The zero-order chi connectivity index (χ0) is 17.4. The average Bonchev–Trinajstić information content (AvgIpc) is 2.94. The van der Waals surface area contributed by atoms with Gasteiger partial charge in [0.25, 0.3) is 0 Å². The molecule has 0 saturated carbocycles. The highest BCUT2D eigenvalue weighted by molar-refractivity contribution is 5.79. The van der Waals surface area contributed by atoms with Gasteiger partial charge in [0.15, 0.2) is 0 Å². The Bertz CT molecular complexity index is 744. The molecule has 4 rings (SSSR count). The topological polar surface area (TPSA) is 49.8 Å². The van der Waals surface area contributed by atoms with Crippen LogP contribution in [0.1, 0.15) is 30.4 Å². The summed E-state index contributed by atoms with van der Waals surface area (Å²) >= 11 is 0. The smallest absolute Gasteiger partial charge is 0.409 e. The minimum Gasteiger partial charge on any atom is -0.448 e. The largest absolute Gasteiger partial charge is 0.448 e. The maximum Gasteiger partial charge on any atom is 0.409 e. The van der Waals surface area contributed by atoms with Crippen LogP contribution in [-0.2, 0) is 4.74 Å². The van der Waals surface area contributed by atoms with Gasteiger partial charge in [-0.2, -0.15) is 0 Å². The Morgan fingerprint density at radius 2 is 1.68 bits per heavy atom. The summed E-state index contributed by atoms with van der Waals surface area (Å²) in [5.41, 5.74) is 4.77. The van der Waals surface area contributed by atoms with Crippen LogP contribution in [0.3, 0.4) is 0 Å². The van der Waals surface area contributed by atoms with Crippen LogP contribution in [0.15, 0.2) is 48.5 Å². The molecule has 1 heterocycles. The van der Waals surface area contributed by atoms with Crippen molar-refractivity contribution in [1.82, 2.24) is 4.90 Å². The number of hydrogen-bond donors (Lipinski definition) is 1. The molecule has 2 aromatic carbocycles. The van der Waals surface area contributed by atoms with E-state index in [9.17, 15) is 9.90 Å². The maximum atomic E-state index is 12.3. The van der Waals surface area contributed by atoms with E-state index >= 15 is 0 Å². The fourth-order valence-corrected chi connectivity index (χ4v) is 4.01. The van der Waals surface area contributed by atoms with Gasteiger partial charge in [0, 0.05) is 24.4 Å². The van der Waals surface area contributed by atoms with Crippen molar-refractivity contribution in [3.63, 3.8) is 0 Å². The quantitative estimate of drug-likeness (QED) is 0.927. The molecule has 1 amide bonds. The summed E-state index contributed by atoms with van der Waals surface area (Å²) in [5, 5.41) is 9.48.